The van der Waals surface area contributed by atoms with E-state index in [-0.39, 0.29) is 27.6 Å². The fourth-order valence-corrected chi connectivity index (χ4v) is 2.73. The van der Waals surface area contributed by atoms with Gasteiger partial charge < -0.3 is 10.1 Å². The SMILES string of the molecule is COCCNc1nc(=O)n(-c2ccccc2Cl)c2nc(C(F)(F)F)ccc12. The second-order valence-electron chi connectivity index (χ2n) is 5.51. The molecule has 0 bridgehead atoms. The third kappa shape index (κ3) is 3.88. The number of methoxy groups -OCH3 is 1. The fraction of sp³-hybridized carbons (Fsp3) is 0.235. The van der Waals surface area contributed by atoms with Crippen molar-refractivity contribution < 1.29 is 17.9 Å². The Hall–Kier alpha value is -2.65. The van der Waals surface area contributed by atoms with Crippen LogP contribution in [0.25, 0.3) is 16.7 Å². The molecule has 0 saturated carbocycles. The van der Waals surface area contributed by atoms with Crippen LogP contribution in [-0.2, 0) is 10.9 Å². The smallest absolute Gasteiger partial charge is 0.383 e. The molecule has 0 aliphatic carbocycles. The molecule has 2 heterocycles. The van der Waals surface area contributed by atoms with E-state index in [9.17, 15) is 18.0 Å². The van der Waals surface area contributed by atoms with Crippen molar-refractivity contribution in [2.75, 3.05) is 25.6 Å². The quantitative estimate of drug-likeness (QED) is 0.666. The monoisotopic (exact) mass is 398 g/mol. The van der Waals surface area contributed by atoms with Crippen molar-refractivity contribution in [3.05, 3.63) is 57.6 Å². The molecule has 0 fully saturated rings. The molecule has 10 heteroatoms. The standard InChI is InChI=1S/C17H14ClF3N4O2/c1-27-9-8-22-14-10-6-7-13(17(19,20)21)23-15(10)25(16(26)24-14)12-5-3-2-4-11(12)18/h2-7H,8-9H2,1H3,(H,22,24,26). The Morgan fingerprint density at radius 2 is 1.93 bits per heavy atom. The minimum Gasteiger partial charge on any atom is -0.383 e. The highest BCUT2D eigenvalue weighted by Gasteiger charge is 2.33. The van der Waals surface area contributed by atoms with Gasteiger partial charge in [0.1, 0.15) is 11.5 Å². The molecule has 0 aliphatic heterocycles. The Labute approximate surface area is 156 Å². The van der Waals surface area contributed by atoms with E-state index in [1.165, 1.54) is 25.3 Å². The lowest BCUT2D eigenvalue weighted by Crippen LogP contribution is -2.25. The van der Waals surface area contributed by atoms with E-state index in [0.29, 0.717) is 13.2 Å². The number of fused-ring (bicyclic) bond motifs is 1. The first kappa shape index (κ1) is 19.1. The number of nitrogens with one attached hydrogen (secondary N) is 1. The zero-order valence-corrected chi connectivity index (χ0v) is 14.8. The molecule has 1 aromatic carbocycles. The van der Waals surface area contributed by atoms with Crippen LogP contribution in [0.5, 0.6) is 0 Å². The number of alkyl halides is 3. The van der Waals surface area contributed by atoms with Crippen molar-refractivity contribution in [1.82, 2.24) is 14.5 Å². The maximum atomic E-state index is 13.2. The summed E-state index contributed by atoms with van der Waals surface area (Å²) in [6.07, 6.45) is -4.66. The first-order chi connectivity index (χ1) is 12.8. The number of pyridine rings is 1. The molecule has 0 saturated heterocycles. The summed E-state index contributed by atoms with van der Waals surface area (Å²) < 4.78 is 45.4. The van der Waals surface area contributed by atoms with Crippen LogP contribution in [0, 0.1) is 0 Å². The molecule has 142 valence electrons. The van der Waals surface area contributed by atoms with E-state index in [0.717, 1.165) is 10.6 Å². The zero-order valence-electron chi connectivity index (χ0n) is 14.0. The van der Waals surface area contributed by atoms with Crippen LogP contribution in [0.3, 0.4) is 0 Å². The third-order valence-corrected chi connectivity index (χ3v) is 4.04. The van der Waals surface area contributed by atoms with E-state index >= 15 is 0 Å². The summed E-state index contributed by atoms with van der Waals surface area (Å²) in [7, 11) is 1.50. The van der Waals surface area contributed by atoms with E-state index < -0.39 is 17.6 Å². The summed E-state index contributed by atoms with van der Waals surface area (Å²) >= 11 is 6.13. The molecule has 0 atom stereocenters. The number of anilines is 1. The van der Waals surface area contributed by atoms with E-state index in [1.54, 1.807) is 12.1 Å². The fourth-order valence-electron chi connectivity index (χ4n) is 2.51. The molecule has 0 radical (unpaired) electrons. The second-order valence-corrected chi connectivity index (χ2v) is 5.92. The van der Waals surface area contributed by atoms with Crippen LogP contribution in [0.15, 0.2) is 41.2 Å². The Morgan fingerprint density at radius 1 is 1.19 bits per heavy atom. The molecule has 0 spiro atoms. The number of ether oxygens (including phenoxy) is 1. The maximum Gasteiger partial charge on any atom is 0.433 e. The lowest BCUT2D eigenvalue weighted by atomic mass is 10.2. The Morgan fingerprint density at radius 3 is 2.59 bits per heavy atom. The molecule has 27 heavy (non-hydrogen) atoms. The molecule has 2 aromatic heterocycles. The highest BCUT2D eigenvalue weighted by molar-refractivity contribution is 6.32. The van der Waals surface area contributed by atoms with Gasteiger partial charge in [0, 0.05) is 13.7 Å². The molecule has 0 amide bonds. The summed E-state index contributed by atoms with van der Waals surface area (Å²) in [5.41, 5.74) is -1.93. The van der Waals surface area contributed by atoms with E-state index in [1.807, 2.05) is 0 Å². The van der Waals surface area contributed by atoms with Crippen molar-refractivity contribution in [3.8, 4) is 5.69 Å². The molecular weight excluding hydrogens is 385 g/mol. The lowest BCUT2D eigenvalue weighted by Gasteiger charge is -2.15. The maximum absolute atomic E-state index is 13.2. The van der Waals surface area contributed by atoms with Gasteiger partial charge in [0.05, 0.1) is 22.7 Å². The Balaban J connectivity index is 2.31. The van der Waals surface area contributed by atoms with Gasteiger partial charge in [-0.05, 0) is 24.3 Å². The summed E-state index contributed by atoms with van der Waals surface area (Å²) in [5, 5.41) is 3.31. The minimum atomic E-state index is -4.66. The van der Waals surface area contributed by atoms with Crippen LogP contribution in [0.2, 0.25) is 5.02 Å². The van der Waals surface area contributed by atoms with Gasteiger partial charge in [-0.25, -0.2) is 14.3 Å². The van der Waals surface area contributed by atoms with Gasteiger partial charge in [-0.15, -0.1) is 0 Å². The van der Waals surface area contributed by atoms with Crippen LogP contribution in [0.1, 0.15) is 5.69 Å². The average molecular weight is 399 g/mol. The second kappa shape index (κ2) is 7.53. The summed E-state index contributed by atoms with van der Waals surface area (Å²) in [6, 6.07) is 8.34. The van der Waals surface area contributed by atoms with Gasteiger partial charge in [-0.3, -0.25) is 0 Å². The number of rotatable bonds is 5. The van der Waals surface area contributed by atoms with E-state index in [2.05, 4.69) is 15.3 Å². The predicted octanol–water partition coefficient (Wildman–Crippen LogP) is 3.51. The molecule has 0 unspecified atom stereocenters. The molecule has 6 nitrogen and oxygen atoms in total. The largest absolute Gasteiger partial charge is 0.433 e. The highest BCUT2D eigenvalue weighted by atomic mass is 35.5. The van der Waals surface area contributed by atoms with Crippen LogP contribution >= 0.6 is 11.6 Å². The Kier molecular flexibility index (Phi) is 5.33. The first-order valence-electron chi connectivity index (χ1n) is 7.81. The van der Waals surface area contributed by atoms with Crippen molar-refractivity contribution >= 4 is 28.5 Å². The van der Waals surface area contributed by atoms with Crippen LogP contribution < -0.4 is 11.0 Å². The van der Waals surface area contributed by atoms with Gasteiger partial charge in [0.2, 0.25) is 0 Å². The number of aromatic nitrogens is 3. The highest BCUT2D eigenvalue weighted by Crippen LogP contribution is 2.31. The van der Waals surface area contributed by atoms with Crippen molar-refractivity contribution in [2.24, 2.45) is 0 Å². The van der Waals surface area contributed by atoms with Gasteiger partial charge in [-0.2, -0.15) is 18.2 Å². The molecular formula is C17H14ClF3N4O2. The lowest BCUT2D eigenvalue weighted by molar-refractivity contribution is -0.141. The molecule has 0 aliphatic rings. The number of halogens is 4. The summed E-state index contributed by atoms with van der Waals surface area (Å²) in [6.45, 7) is 0.639. The van der Waals surface area contributed by atoms with Gasteiger partial charge in [-0.1, -0.05) is 23.7 Å². The van der Waals surface area contributed by atoms with Gasteiger partial charge in [0.15, 0.2) is 5.65 Å². The Bertz CT molecular complexity index is 1040. The zero-order chi connectivity index (χ0) is 19.6. The van der Waals surface area contributed by atoms with Gasteiger partial charge in [0.25, 0.3) is 0 Å². The predicted molar refractivity (Wildman–Crippen MR) is 95.5 cm³/mol. The third-order valence-electron chi connectivity index (χ3n) is 3.72. The number of para-hydroxylation sites is 1. The number of benzene rings is 1. The van der Waals surface area contributed by atoms with E-state index in [4.69, 9.17) is 16.3 Å². The summed E-state index contributed by atoms with van der Waals surface area (Å²) in [4.78, 5) is 20.2. The number of nitrogens with zero attached hydrogens (tertiary/aromatic N) is 3. The van der Waals surface area contributed by atoms with Gasteiger partial charge >= 0.3 is 11.9 Å². The topological polar surface area (TPSA) is 69.0 Å². The molecule has 1 N–H and O–H groups in total. The normalized spacial score (nSPS) is 11.7. The molecule has 3 rings (SSSR count). The number of hydrogen-bond donors (Lipinski definition) is 1. The van der Waals surface area contributed by atoms with Crippen molar-refractivity contribution in [3.63, 3.8) is 0 Å². The average Bonchev–Trinajstić information content (AvgIpc) is 2.62. The van der Waals surface area contributed by atoms with Crippen molar-refractivity contribution in [1.29, 1.82) is 0 Å². The summed E-state index contributed by atoms with van der Waals surface area (Å²) in [5.74, 6) is 0.122. The van der Waals surface area contributed by atoms with Crippen LogP contribution in [0.4, 0.5) is 19.0 Å². The van der Waals surface area contributed by atoms with Crippen molar-refractivity contribution in [2.45, 2.75) is 6.18 Å². The first-order valence-corrected chi connectivity index (χ1v) is 8.19. The number of hydrogen-bond acceptors (Lipinski definition) is 5. The molecule has 3 aromatic rings. The minimum absolute atomic E-state index is 0.122. The van der Waals surface area contributed by atoms with Crippen LogP contribution in [-0.4, -0.2) is 34.8 Å².